The smallest absolute Gasteiger partial charge is 0.242 e. The summed E-state index contributed by atoms with van der Waals surface area (Å²) in [5.74, 6) is -0.276. The van der Waals surface area contributed by atoms with Gasteiger partial charge in [-0.2, -0.15) is 0 Å². The van der Waals surface area contributed by atoms with Crippen molar-refractivity contribution in [2.75, 3.05) is 11.6 Å². The van der Waals surface area contributed by atoms with Gasteiger partial charge in [0.2, 0.25) is 5.91 Å². The summed E-state index contributed by atoms with van der Waals surface area (Å²) in [6.45, 7) is 0.649. The van der Waals surface area contributed by atoms with E-state index in [1.54, 1.807) is 12.1 Å². The number of nitrogens with one attached hydrogen (secondary N) is 1. The van der Waals surface area contributed by atoms with Gasteiger partial charge in [0.1, 0.15) is 5.82 Å². The molecule has 2 rings (SSSR count). The second kappa shape index (κ2) is 3.14. The molecule has 0 atom stereocenters. The van der Waals surface area contributed by atoms with E-state index < -0.39 is 0 Å². The maximum absolute atomic E-state index is 12.5. The Morgan fingerprint density at radius 2 is 2.00 bits per heavy atom. The molecule has 1 heterocycles. The average Bonchev–Trinajstić information content (AvgIpc) is 2.53. The molecule has 0 bridgehead atoms. The Hall–Kier alpha value is -1.42. The highest BCUT2D eigenvalue weighted by atomic mass is 19.1. The normalized spacial score (nSPS) is 16.7. The molecule has 13 heavy (non-hydrogen) atoms. The van der Waals surface area contributed by atoms with Gasteiger partial charge in [0.25, 0.3) is 0 Å². The molecule has 1 aromatic rings. The molecule has 1 amide bonds. The maximum atomic E-state index is 12.5. The largest absolute Gasteiger partial charge is 0.273 e. The first-order valence-electron chi connectivity index (χ1n) is 4.09. The van der Waals surface area contributed by atoms with Crippen molar-refractivity contribution in [2.45, 2.75) is 6.42 Å². The van der Waals surface area contributed by atoms with Gasteiger partial charge in [-0.05, 0) is 24.3 Å². The first kappa shape index (κ1) is 8.19. The lowest BCUT2D eigenvalue weighted by Crippen LogP contribution is -2.33. The minimum atomic E-state index is -0.296. The zero-order valence-corrected chi connectivity index (χ0v) is 6.96. The van der Waals surface area contributed by atoms with Gasteiger partial charge in [-0.3, -0.25) is 4.79 Å². The van der Waals surface area contributed by atoms with Crippen molar-refractivity contribution >= 4 is 11.6 Å². The molecule has 1 saturated heterocycles. The number of nitrogens with zero attached hydrogens (tertiary/aromatic N) is 1. The lowest BCUT2D eigenvalue weighted by atomic mass is 10.3. The SMILES string of the molecule is O=C1CCNN1c1ccc(F)cc1. The summed E-state index contributed by atoms with van der Waals surface area (Å²) < 4.78 is 12.5. The van der Waals surface area contributed by atoms with E-state index in [-0.39, 0.29) is 11.7 Å². The number of hydrogen-bond acceptors (Lipinski definition) is 2. The number of halogens is 1. The molecule has 0 unspecified atom stereocenters. The van der Waals surface area contributed by atoms with Gasteiger partial charge in [-0.25, -0.2) is 14.8 Å². The van der Waals surface area contributed by atoms with Crippen molar-refractivity contribution in [1.82, 2.24) is 5.43 Å². The quantitative estimate of drug-likeness (QED) is 0.701. The molecule has 1 aliphatic heterocycles. The van der Waals surface area contributed by atoms with Crippen LogP contribution in [0.2, 0.25) is 0 Å². The zero-order valence-electron chi connectivity index (χ0n) is 6.96. The van der Waals surface area contributed by atoms with Gasteiger partial charge in [-0.1, -0.05) is 0 Å². The first-order chi connectivity index (χ1) is 6.27. The van der Waals surface area contributed by atoms with Gasteiger partial charge in [0, 0.05) is 13.0 Å². The monoisotopic (exact) mass is 180 g/mol. The molecule has 0 aliphatic carbocycles. The van der Waals surface area contributed by atoms with E-state index in [0.717, 1.165) is 0 Å². The van der Waals surface area contributed by atoms with Crippen LogP contribution in [0.1, 0.15) is 6.42 Å². The van der Waals surface area contributed by atoms with Crippen LogP contribution in [0.15, 0.2) is 24.3 Å². The van der Waals surface area contributed by atoms with Crippen molar-refractivity contribution in [2.24, 2.45) is 0 Å². The summed E-state index contributed by atoms with van der Waals surface area (Å²) in [7, 11) is 0. The second-order valence-electron chi connectivity index (χ2n) is 2.86. The summed E-state index contributed by atoms with van der Waals surface area (Å²) in [5.41, 5.74) is 3.59. The fourth-order valence-electron chi connectivity index (χ4n) is 1.30. The maximum Gasteiger partial charge on any atom is 0.242 e. The van der Waals surface area contributed by atoms with Crippen molar-refractivity contribution in [3.05, 3.63) is 30.1 Å². The molecule has 0 radical (unpaired) electrons. The molecule has 1 aromatic carbocycles. The Morgan fingerprint density at radius 1 is 1.31 bits per heavy atom. The van der Waals surface area contributed by atoms with Gasteiger partial charge in [-0.15, -0.1) is 0 Å². The van der Waals surface area contributed by atoms with Gasteiger partial charge < -0.3 is 0 Å². The van der Waals surface area contributed by atoms with Crippen molar-refractivity contribution in [3.63, 3.8) is 0 Å². The fourth-order valence-corrected chi connectivity index (χ4v) is 1.30. The molecule has 0 spiro atoms. The van der Waals surface area contributed by atoms with Gasteiger partial charge in [0.15, 0.2) is 0 Å². The van der Waals surface area contributed by atoms with E-state index in [4.69, 9.17) is 0 Å². The van der Waals surface area contributed by atoms with Crippen molar-refractivity contribution in [1.29, 1.82) is 0 Å². The third-order valence-electron chi connectivity index (χ3n) is 1.94. The molecule has 4 heteroatoms. The molecular formula is C9H9FN2O. The standard InChI is InChI=1S/C9H9FN2O/c10-7-1-3-8(4-2-7)12-9(13)5-6-11-12/h1-4,11H,5-6H2. The predicted octanol–water partition coefficient (Wildman–Crippen LogP) is 1.07. The molecule has 1 N–H and O–H groups in total. The number of amides is 1. The van der Waals surface area contributed by atoms with Gasteiger partial charge >= 0.3 is 0 Å². The zero-order chi connectivity index (χ0) is 9.26. The molecule has 68 valence electrons. The number of benzene rings is 1. The minimum absolute atomic E-state index is 0.0200. The Balaban J connectivity index is 2.25. The number of hydrogen-bond donors (Lipinski definition) is 1. The van der Waals surface area contributed by atoms with Crippen LogP contribution < -0.4 is 10.4 Å². The van der Waals surface area contributed by atoms with Crippen LogP contribution in [0.4, 0.5) is 10.1 Å². The number of rotatable bonds is 1. The molecule has 1 aliphatic rings. The second-order valence-corrected chi connectivity index (χ2v) is 2.86. The predicted molar refractivity (Wildman–Crippen MR) is 46.5 cm³/mol. The lowest BCUT2D eigenvalue weighted by molar-refractivity contribution is -0.117. The molecule has 0 saturated carbocycles. The third kappa shape index (κ3) is 1.53. The van der Waals surface area contributed by atoms with Crippen LogP contribution in [0.5, 0.6) is 0 Å². The van der Waals surface area contributed by atoms with Crippen LogP contribution in [0, 0.1) is 5.82 Å². The summed E-state index contributed by atoms with van der Waals surface area (Å²) in [5, 5.41) is 1.44. The molecule has 1 fully saturated rings. The number of hydrazine groups is 1. The van der Waals surface area contributed by atoms with Crippen LogP contribution in [-0.4, -0.2) is 12.5 Å². The van der Waals surface area contributed by atoms with E-state index in [1.807, 2.05) is 0 Å². The molecular weight excluding hydrogens is 171 g/mol. The molecule has 3 nitrogen and oxygen atoms in total. The Morgan fingerprint density at radius 3 is 2.54 bits per heavy atom. The summed E-state index contributed by atoms with van der Waals surface area (Å²) in [6.07, 6.45) is 0.497. The number of carbonyl (C=O) groups is 1. The topological polar surface area (TPSA) is 32.3 Å². The lowest BCUT2D eigenvalue weighted by Gasteiger charge is -2.14. The fraction of sp³-hybridized carbons (Fsp3) is 0.222. The number of carbonyl (C=O) groups excluding carboxylic acids is 1. The Kier molecular flexibility index (Phi) is 1.98. The van der Waals surface area contributed by atoms with Crippen LogP contribution in [0.25, 0.3) is 0 Å². The van der Waals surface area contributed by atoms with E-state index in [1.165, 1.54) is 17.1 Å². The average molecular weight is 180 g/mol. The van der Waals surface area contributed by atoms with Crippen molar-refractivity contribution < 1.29 is 9.18 Å². The van der Waals surface area contributed by atoms with Gasteiger partial charge in [0.05, 0.1) is 5.69 Å². The van der Waals surface area contributed by atoms with E-state index in [2.05, 4.69) is 5.43 Å². The molecule has 0 aromatic heterocycles. The summed E-state index contributed by atoms with van der Waals surface area (Å²) >= 11 is 0. The Bertz CT molecular complexity index is 323. The van der Waals surface area contributed by atoms with E-state index in [0.29, 0.717) is 18.7 Å². The summed E-state index contributed by atoms with van der Waals surface area (Å²) in [6, 6.07) is 5.82. The highest BCUT2D eigenvalue weighted by Gasteiger charge is 2.20. The van der Waals surface area contributed by atoms with E-state index in [9.17, 15) is 9.18 Å². The van der Waals surface area contributed by atoms with Crippen LogP contribution >= 0.6 is 0 Å². The minimum Gasteiger partial charge on any atom is -0.273 e. The number of anilines is 1. The van der Waals surface area contributed by atoms with Crippen LogP contribution in [0.3, 0.4) is 0 Å². The van der Waals surface area contributed by atoms with Crippen molar-refractivity contribution in [3.8, 4) is 0 Å². The Labute approximate surface area is 75.1 Å². The van der Waals surface area contributed by atoms with Crippen LogP contribution in [-0.2, 0) is 4.79 Å². The summed E-state index contributed by atoms with van der Waals surface area (Å²) in [4.78, 5) is 11.2. The third-order valence-corrected chi connectivity index (χ3v) is 1.94. The highest BCUT2D eigenvalue weighted by Crippen LogP contribution is 2.16. The highest BCUT2D eigenvalue weighted by molar-refractivity contribution is 5.94. The first-order valence-corrected chi connectivity index (χ1v) is 4.09. The van der Waals surface area contributed by atoms with E-state index >= 15 is 0 Å².